The molecule has 2 aromatic carbocycles. The van der Waals surface area contributed by atoms with Crippen LogP contribution in [-0.4, -0.2) is 54.3 Å². The normalized spacial score (nSPS) is 10.6. The highest BCUT2D eigenvalue weighted by Crippen LogP contribution is 2.31. The van der Waals surface area contributed by atoms with Gasteiger partial charge in [-0.05, 0) is 25.1 Å². The van der Waals surface area contributed by atoms with Gasteiger partial charge in [-0.25, -0.2) is 9.78 Å². The monoisotopic (exact) mass is 495 g/mol. The molecule has 0 radical (unpaired) electrons. The topological polar surface area (TPSA) is 122 Å². The zero-order valence-corrected chi connectivity index (χ0v) is 20.4. The van der Waals surface area contributed by atoms with E-state index < -0.39 is 11.9 Å². The molecule has 0 aliphatic rings. The molecule has 0 saturated carbocycles. The van der Waals surface area contributed by atoms with E-state index in [0.717, 1.165) is 16.9 Å². The van der Waals surface area contributed by atoms with Gasteiger partial charge in [-0.15, -0.1) is 11.3 Å². The van der Waals surface area contributed by atoms with Crippen molar-refractivity contribution < 1.29 is 28.9 Å². The summed E-state index contributed by atoms with van der Waals surface area (Å²) in [5.41, 5.74) is 2.32. The number of carboxylic acid groups (broad SMARTS) is 1. The molecule has 3 aromatic rings. The molecule has 182 valence electrons. The summed E-state index contributed by atoms with van der Waals surface area (Å²) in [6.45, 7) is 2.28. The van der Waals surface area contributed by atoms with E-state index in [1.165, 1.54) is 0 Å². The molecule has 1 aromatic heterocycles. The van der Waals surface area contributed by atoms with E-state index >= 15 is 0 Å². The minimum Gasteiger partial charge on any atom is -0.497 e. The average Bonchev–Trinajstić information content (AvgIpc) is 3.28. The molecule has 10 heteroatoms. The fourth-order valence-electron chi connectivity index (χ4n) is 3.43. The number of thiazole rings is 1. The maximum absolute atomic E-state index is 12.3. The van der Waals surface area contributed by atoms with E-state index in [0.29, 0.717) is 33.3 Å². The fraction of sp³-hybridized carbons (Fsp3) is 0.280. The van der Waals surface area contributed by atoms with Crippen LogP contribution in [0, 0.1) is 11.3 Å². The number of carboxylic acids is 1. The van der Waals surface area contributed by atoms with Crippen molar-refractivity contribution in [1.29, 1.82) is 5.26 Å². The summed E-state index contributed by atoms with van der Waals surface area (Å²) in [4.78, 5) is 30.7. The third kappa shape index (κ3) is 6.56. The number of nitrogens with zero attached hydrogens (tertiary/aromatic N) is 3. The van der Waals surface area contributed by atoms with E-state index in [1.54, 1.807) is 62.4 Å². The number of rotatable bonds is 11. The van der Waals surface area contributed by atoms with Gasteiger partial charge in [0, 0.05) is 30.3 Å². The molecule has 0 bridgehead atoms. The highest BCUT2D eigenvalue weighted by Gasteiger charge is 2.23. The average molecular weight is 496 g/mol. The standard InChI is InChI=1S/C25H25N3O6S/c1-4-34-22(29)15-28(13-18-9-10-19(32-2)11-21(18)33-3)14-20-23(25(30)31)35-24(27-20)17-7-5-16(12-26)6-8-17/h5-11H,4,13-15H2,1-3H3,(H,30,31). The molecule has 0 atom stereocenters. The van der Waals surface area contributed by atoms with Gasteiger partial charge in [-0.3, -0.25) is 9.69 Å². The number of ether oxygens (including phenoxy) is 3. The Morgan fingerprint density at radius 3 is 2.46 bits per heavy atom. The number of carbonyl (C=O) groups is 2. The first-order valence-electron chi connectivity index (χ1n) is 10.7. The second-order valence-corrected chi connectivity index (χ2v) is 8.42. The molecule has 1 N–H and O–H groups in total. The number of aromatic carboxylic acids is 1. The predicted molar refractivity (Wildman–Crippen MR) is 130 cm³/mol. The van der Waals surface area contributed by atoms with E-state index in [-0.39, 0.29) is 31.1 Å². The van der Waals surface area contributed by atoms with Crippen LogP contribution in [0.3, 0.4) is 0 Å². The maximum atomic E-state index is 12.3. The van der Waals surface area contributed by atoms with Crippen LogP contribution >= 0.6 is 11.3 Å². The summed E-state index contributed by atoms with van der Waals surface area (Å²) in [6, 6.07) is 14.2. The summed E-state index contributed by atoms with van der Waals surface area (Å²) >= 11 is 1.05. The number of hydrogen-bond donors (Lipinski definition) is 1. The number of hydrogen-bond acceptors (Lipinski definition) is 9. The van der Waals surface area contributed by atoms with Crippen molar-refractivity contribution in [3.05, 3.63) is 64.2 Å². The van der Waals surface area contributed by atoms with E-state index in [2.05, 4.69) is 11.1 Å². The van der Waals surface area contributed by atoms with Crippen LogP contribution < -0.4 is 9.47 Å². The second-order valence-electron chi connectivity index (χ2n) is 7.42. The molecule has 0 unspecified atom stereocenters. The number of benzene rings is 2. The summed E-state index contributed by atoms with van der Waals surface area (Å²) in [5, 5.41) is 19.3. The van der Waals surface area contributed by atoms with Crippen LogP contribution in [0.25, 0.3) is 10.6 Å². The molecule has 0 aliphatic carbocycles. The third-order valence-corrected chi connectivity index (χ3v) is 6.21. The molecule has 35 heavy (non-hydrogen) atoms. The lowest BCUT2D eigenvalue weighted by Gasteiger charge is -2.22. The molecule has 0 fully saturated rings. The summed E-state index contributed by atoms with van der Waals surface area (Å²) in [6.07, 6.45) is 0. The number of aromatic nitrogens is 1. The van der Waals surface area contributed by atoms with Crippen LogP contribution in [-0.2, 0) is 22.6 Å². The Hall–Kier alpha value is -3.94. The SMILES string of the molecule is CCOC(=O)CN(Cc1ccc(OC)cc1OC)Cc1nc(-c2ccc(C#N)cc2)sc1C(=O)O. The van der Waals surface area contributed by atoms with Crippen molar-refractivity contribution >= 4 is 23.3 Å². The minimum absolute atomic E-state index is 0.0637. The first kappa shape index (κ1) is 25.7. The number of nitriles is 1. The van der Waals surface area contributed by atoms with Crippen molar-refractivity contribution in [2.75, 3.05) is 27.4 Å². The van der Waals surface area contributed by atoms with Crippen molar-refractivity contribution in [3.63, 3.8) is 0 Å². The van der Waals surface area contributed by atoms with Gasteiger partial charge in [0.25, 0.3) is 0 Å². The molecule has 0 saturated heterocycles. The van der Waals surface area contributed by atoms with E-state index in [1.807, 2.05) is 6.07 Å². The molecule has 1 heterocycles. The van der Waals surface area contributed by atoms with E-state index in [9.17, 15) is 14.7 Å². The van der Waals surface area contributed by atoms with Gasteiger partial charge < -0.3 is 19.3 Å². The Kier molecular flexibility index (Phi) is 8.78. The van der Waals surface area contributed by atoms with Crippen LogP contribution in [0.1, 0.15) is 33.4 Å². The molecule has 0 aliphatic heterocycles. The smallest absolute Gasteiger partial charge is 0.347 e. The quantitative estimate of drug-likeness (QED) is 0.394. The highest BCUT2D eigenvalue weighted by atomic mass is 32.1. The molecule has 0 amide bonds. The van der Waals surface area contributed by atoms with Gasteiger partial charge in [-0.2, -0.15) is 5.26 Å². The largest absolute Gasteiger partial charge is 0.497 e. The molecule has 9 nitrogen and oxygen atoms in total. The van der Waals surface area contributed by atoms with Gasteiger partial charge >= 0.3 is 11.9 Å². The van der Waals surface area contributed by atoms with Crippen LogP contribution in [0.5, 0.6) is 11.5 Å². The molecule has 0 spiro atoms. The van der Waals surface area contributed by atoms with Crippen LogP contribution in [0.4, 0.5) is 0 Å². The lowest BCUT2D eigenvalue weighted by molar-refractivity contribution is -0.144. The van der Waals surface area contributed by atoms with Gasteiger partial charge in [0.2, 0.25) is 0 Å². The highest BCUT2D eigenvalue weighted by molar-refractivity contribution is 7.17. The zero-order valence-electron chi connectivity index (χ0n) is 19.6. The van der Waals surface area contributed by atoms with Crippen molar-refractivity contribution in [3.8, 4) is 28.1 Å². The molecular weight excluding hydrogens is 470 g/mol. The minimum atomic E-state index is -1.10. The Morgan fingerprint density at radius 1 is 1.11 bits per heavy atom. The summed E-state index contributed by atoms with van der Waals surface area (Å²) < 4.78 is 15.9. The molecular formula is C25H25N3O6S. The predicted octanol–water partition coefficient (Wildman–Crippen LogP) is 3.96. The Morgan fingerprint density at radius 2 is 1.86 bits per heavy atom. The lowest BCUT2D eigenvalue weighted by atomic mass is 10.1. The fourth-order valence-corrected chi connectivity index (χ4v) is 4.35. The third-order valence-electron chi connectivity index (χ3n) is 5.07. The lowest BCUT2D eigenvalue weighted by Crippen LogP contribution is -2.31. The van der Waals surface area contributed by atoms with Crippen molar-refractivity contribution in [2.24, 2.45) is 0 Å². The van der Waals surface area contributed by atoms with Gasteiger partial charge in [0.1, 0.15) is 21.4 Å². The van der Waals surface area contributed by atoms with Gasteiger partial charge in [-0.1, -0.05) is 18.2 Å². The number of esters is 1. The number of carbonyl (C=O) groups excluding carboxylic acids is 1. The zero-order chi connectivity index (χ0) is 25.4. The van der Waals surface area contributed by atoms with Crippen LogP contribution in [0.2, 0.25) is 0 Å². The second kappa shape index (κ2) is 12.0. The van der Waals surface area contributed by atoms with Crippen molar-refractivity contribution in [1.82, 2.24) is 9.88 Å². The summed E-state index contributed by atoms with van der Waals surface area (Å²) in [5.74, 6) is -0.328. The Labute approximate surface area is 207 Å². The first-order valence-corrected chi connectivity index (χ1v) is 11.5. The van der Waals surface area contributed by atoms with Crippen molar-refractivity contribution in [2.45, 2.75) is 20.0 Å². The Balaban J connectivity index is 1.94. The van der Waals surface area contributed by atoms with Gasteiger partial charge in [0.15, 0.2) is 0 Å². The maximum Gasteiger partial charge on any atom is 0.347 e. The van der Waals surface area contributed by atoms with Crippen LogP contribution in [0.15, 0.2) is 42.5 Å². The first-order chi connectivity index (χ1) is 16.9. The Bertz CT molecular complexity index is 1230. The molecule has 3 rings (SSSR count). The van der Waals surface area contributed by atoms with E-state index in [4.69, 9.17) is 19.5 Å². The number of methoxy groups -OCH3 is 2. The summed E-state index contributed by atoms with van der Waals surface area (Å²) in [7, 11) is 3.10. The van der Waals surface area contributed by atoms with Gasteiger partial charge in [0.05, 0.1) is 44.7 Å².